The summed E-state index contributed by atoms with van der Waals surface area (Å²) < 4.78 is 25.1. The molecule has 6 nitrogen and oxygen atoms in total. The number of fused-ring (bicyclic) bond motifs is 1. The van der Waals surface area contributed by atoms with Crippen LogP contribution in [0, 0.1) is 5.82 Å². The van der Waals surface area contributed by atoms with E-state index in [1.165, 1.54) is 29.2 Å². The number of Topliss-reactive ketones (excluding diaryl/α,β-unsaturated/α-hetero) is 1. The molecule has 0 radical (unpaired) electrons. The molecule has 31 heavy (non-hydrogen) atoms. The normalized spacial score (nSPS) is 16.5. The molecule has 0 fully saturated rings. The summed E-state index contributed by atoms with van der Waals surface area (Å²) in [7, 11) is 1.55. The molecule has 0 aliphatic carbocycles. The van der Waals surface area contributed by atoms with E-state index in [9.17, 15) is 19.1 Å². The molecular formula is C23H19BrFNO5. The molecule has 160 valence electrons. The maximum absolute atomic E-state index is 13.5. The summed E-state index contributed by atoms with van der Waals surface area (Å²) in [4.78, 5) is 27.6. The van der Waals surface area contributed by atoms with Crippen LogP contribution in [-0.4, -0.2) is 42.0 Å². The summed E-state index contributed by atoms with van der Waals surface area (Å²) in [5, 5.41) is 11.3. The molecule has 1 amide bonds. The number of hydrogen-bond donors (Lipinski definition) is 1. The second-order valence-corrected chi connectivity index (χ2v) is 8.10. The highest BCUT2D eigenvalue weighted by molar-refractivity contribution is 9.10. The Bertz CT molecular complexity index is 1180. The molecule has 1 aromatic heterocycles. The van der Waals surface area contributed by atoms with E-state index in [4.69, 9.17) is 9.15 Å². The second kappa shape index (κ2) is 8.64. The molecule has 1 aliphatic heterocycles. The van der Waals surface area contributed by atoms with Crippen LogP contribution in [0.15, 0.2) is 68.8 Å². The molecule has 1 aliphatic rings. The zero-order valence-corrected chi connectivity index (χ0v) is 18.2. The zero-order valence-electron chi connectivity index (χ0n) is 16.6. The van der Waals surface area contributed by atoms with Crippen LogP contribution in [0.5, 0.6) is 0 Å². The minimum Gasteiger partial charge on any atom is -0.503 e. The Balaban J connectivity index is 1.76. The Morgan fingerprint density at radius 1 is 1.23 bits per heavy atom. The van der Waals surface area contributed by atoms with Crippen molar-refractivity contribution in [3.8, 4) is 0 Å². The van der Waals surface area contributed by atoms with Gasteiger partial charge in [-0.3, -0.25) is 9.59 Å². The van der Waals surface area contributed by atoms with Crippen molar-refractivity contribution in [3.05, 3.63) is 81.5 Å². The van der Waals surface area contributed by atoms with Gasteiger partial charge in [-0.15, -0.1) is 0 Å². The number of benzene rings is 2. The fraction of sp³-hybridized carbons (Fsp3) is 0.217. The van der Waals surface area contributed by atoms with Gasteiger partial charge in [0.15, 0.2) is 11.5 Å². The number of hydrogen-bond acceptors (Lipinski definition) is 5. The molecule has 0 bridgehead atoms. The van der Waals surface area contributed by atoms with E-state index < -0.39 is 29.3 Å². The SMILES string of the molecule is COCCCN1C(=O)C(O)=C(C(=O)c2cc3cc(Br)ccc3o2)C1c1ccc(F)cc1. The van der Waals surface area contributed by atoms with Crippen LogP contribution in [0.3, 0.4) is 0 Å². The summed E-state index contributed by atoms with van der Waals surface area (Å²) in [5.74, 6) is -2.32. The van der Waals surface area contributed by atoms with Gasteiger partial charge >= 0.3 is 0 Å². The number of rotatable bonds is 7. The number of carbonyl (C=O) groups is 2. The van der Waals surface area contributed by atoms with Crippen molar-refractivity contribution >= 4 is 38.6 Å². The lowest BCUT2D eigenvalue weighted by Crippen LogP contribution is -2.32. The molecule has 0 saturated heterocycles. The van der Waals surface area contributed by atoms with E-state index in [0.29, 0.717) is 29.6 Å². The number of nitrogens with zero attached hydrogens (tertiary/aromatic N) is 1. The molecule has 0 spiro atoms. The molecule has 1 atom stereocenters. The van der Waals surface area contributed by atoms with Gasteiger partial charge in [0.25, 0.3) is 5.91 Å². The summed E-state index contributed by atoms with van der Waals surface area (Å²) >= 11 is 3.38. The first-order chi connectivity index (χ1) is 14.9. The zero-order chi connectivity index (χ0) is 22.1. The Hall–Kier alpha value is -2.97. The third-order valence-corrected chi connectivity index (χ3v) is 5.68. The van der Waals surface area contributed by atoms with Gasteiger partial charge in [0.05, 0.1) is 11.6 Å². The van der Waals surface area contributed by atoms with E-state index in [0.717, 1.165) is 4.47 Å². The van der Waals surface area contributed by atoms with Crippen LogP contribution in [0.2, 0.25) is 0 Å². The van der Waals surface area contributed by atoms with Gasteiger partial charge in [0, 0.05) is 30.1 Å². The van der Waals surface area contributed by atoms with Gasteiger partial charge in [-0.05, 0) is 48.4 Å². The third-order valence-electron chi connectivity index (χ3n) is 5.18. The van der Waals surface area contributed by atoms with Gasteiger partial charge in [0.2, 0.25) is 5.78 Å². The average molecular weight is 488 g/mol. The van der Waals surface area contributed by atoms with Crippen molar-refractivity contribution in [2.45, 2.75) is 12.5 Å². The van der Waals surface area contributed by atoms with Crippen molar-refractivity contribution in [3.63, 3.8) is 0 Å². The number of aliphatic hydroxyl groups excluding tert-OH is 1. The second-order valence-electron chi connectivity index (χ2n) is 7.18. The van der Waals surface area contributed by atoms with Crippen LogP contribution in [-0.2, 0) is 9.53 Å². The first-order valence-corrected chi connectivity index (χ1v) is 10.4. The van der Waals surface area contributed by atoms with E-state index in [-0.39, 0.29) is 17.9 Å². The Morgan fingerprint density at radius 2 is 1.97 bits per heavy atom. The largest absolute Gasteiger partial charge is 0.503 e. The van der Waals surface area contributed by atoms with E-state index >= 15 is 0 Å². The van der Waals surface area contributed by atoms with Crippen molar-refractivity contribution in [2.24, 2.45) is 0 Å². The summed E-state index contributed by atoms with van der Waals surface area (Å²) in [6.45, 7) is 0.658. The number of carbonyl (C=O) groups excluding carboxylic acids is 2. The lowest BCUT2D eigenvalue weighted by atomic mass is 9.95. The standard InChI is InChI=1S/C23H19BrFNO5/c1-30-10-2-9-26-20(13-3-6-16(25)7-4-13)19(22(28)23(26)29)21(27)18-12-14-11-15(24)5-8-17(14)31-18/h3-8,11-12,20,28H,2,9-10H2,1H3. The molecule has 0 saturated carbocycles. The molecule has 1 N–H and O–H groups in total. The molecule has 1 unspecified atom stereocenters. The lowest BCUT2D eigenvalue weighted by Gasteiger charge is -2.26. The van der Waals surface area contributed by atoms with Gasteiger partial charge in [-0.2, -0.15) is 0 Å². The lowest BCUT2D eigenvalue weighted by molar-refractivity contribution is -0.129. The smallest absolute Gasteiger partial charge is 0.290 e. The fourth-order valence-corrected chi connectivity index (χ4v) is 4.12. The first kappa shape index (κ1) is 21.3. The van der Waals surface area contributed by atoms with Crippen molar-refractivity contribution in [2.75, 3.05) is 20.3 Å². The van der Waals surface area contributed by atoms with E-state index in [1.54, 1.807) is 31.4 Å². The van der Waals surface area contributed by atoms with Gasteiger partial charge in [-0.25, -0.2) is 4.39 Å². The van der Waals surface area contributed by atoms with Crippen molar-refractivity contribution < 1.29 is 28.2 Å². The molecule has 2 heterocycles. The maximum atomic E-state index is 13.5. The highest BCUT2D eigenvalue weighted by atomic mass is 79.9. The summed E-state index contributed by atoms with van der Waals surface area (Å²) in [6, 6.07) is 11.5. The summed E-state index contributed by atoms with van der Waals surface area (Å²) in [6.07, 6.45) is 0.507. The Morgan fingerprint density at radius 3 is 2.68 bits per heavy atom. The number of ketones is 1. The fourth-order valence-electron chi connectivity index (χ4n) is 3.75. The maximum Gasteiger partial charge on any atom is 0.290 e. The Labute approximate surface area is 186 Å². The van der Waals surface area contributed by atoms with Crippen molar-refractivity contribution in [1.82, 2.24) is 4.90 Å². The predicted molar refractivity (Wildman–Crippen MR) is 115 cm³/mol. The quantitative estimate of drug-likeness (QED) is 0.376. The Kier molecular flexibility index (Phi) is 5.93. The number of furan rings is 1. The molecule has 8 heteroatoms. The monoisotopic (exact) mass is 487 g/mol. The molecule has 4 rings (SSSR count). The number of aliphatic hydroxyl groups is 1. The van der Waals surface area contributed by atoms with Crippen LogP contribution >= 0.6 is 15.9 Å². The van der Waals surface area contributed by atoms with Crippen LogP contribution in [0.25, 0.3) is 11.0 Å². The minimum atomic E-state index is -0.864. The average Bonchev–Trinajstić information content (AvgIpc) is 3.28. The molecule has 3 aromatic rings. The molecule has 2 aromatic carbocycles. The summed E-state index contributed by atoms with van der Waals surface area (Å²) in [5.41, 5.74) is 0.928. The number of methoxy groups -OCH3 is 1. The van der Waals surface area contributed by atoms with Crippen LogP contribution in [0.1, 0.15) is 28.6 Å². The number of halogens is 2. The van der Waals surface area contributed by atoms with Gasteiger partial charge in [-0.1, -0.05) is 28.1 Å². The van der Waals surface area contributed by atoms with Crippen LogP contribution in [0.4, 0.5) is 4.39 Å². The number of amides is 1. The topological polar surface area (TPSA) is 80.0 Å². The van der Waals surface area contributed by atoms with E-state index in [2.05, 4.69) is 15.9 Å². The van der Waals surface area contributed by atoms with Crippen molar-refractivity contribution in [1.29, 1.82) is 0 Å². The number of ether oxygens (including phenoxy) is 1. The highest BCUT2D eigenvalue weighted by Crippen LogP contribution is 2.39. The minimum absolute atomic E-state index is 0.00769. The predicted octanol–water partition coefficient (Wildman–Crippen LogP) is 4.95. The third kappa shape index (κ3) is 4.00. The first-order valence-electron chi connectivity index (χ1n) is 9.63. The van der Waals surface area contributed by atoms with Gasteiger partial charge in [0.1, 0.15) is 11.4 Å². The molecular weight excluding hydrogens is 469 g/mol. The van der Waals surface area contributed by atoms with Crippen LogP contribution < -0.4 is 0 Å². The highest BCUT2D eigenvalue weighted by Gasteiger charge is 2.44. The van der Waals surface area contributed by atoms with E-state index in [1.807, 2.05) is 0 Å². The van der Waals surface area contributed by atoms with Gasteiger partial charge < -0.3 is 19.2 Å².